The normalized spacial score (nSPS) is 21.9. The molecule has 0 radical (unpaired) electrons. The Kier molecular flexibility index (Phi) is 3.90. The number of hydrogen-bond acceptors (Lipinski definition) is 3. The van der Waals surface area contributed by atoms with Gasteiger partial charge in [0.15, 0.2) is 0 Å². The molecule has 6 heteroatoms. The van der Waals surface area contributed by atoms with E-state index in [0.29, 0.717) is 35.8 Å². The lowest BCUT2D eigenvalue weighted by Gasteiger charge is -2.22. The standard InChI is InChI=1S/C14H18ClN3O2/c1-14(13(20)17-2)3-4-18(8-14)12(19)9-5-10(15)7-11(16)6-9/h5-7H,3-4,8,16H2,1-2H3,(H,17,20). The van der Waals surface area contributed by atoms with Crippen LogP contribution < -0.4 is 11.1 Å². The smallest absolute Gasteiger partial charge is 0.254 e. The third-order valence-electron chi connectivity index (χ3n) is 3.70. The lowest BCUT2D eigenvalue weighted by atomic mass is 9.89. The molecule has 20 heavy (non-hydrogen) atoms. The zero-order valence-electron chi connectivity index (χ0n) is 11.6. The van der Waals surface area contributed by atoms with E-state index in [4.69, 9.17) is 17.3 Å². The number of carbonyl (C=O) groups is 2. The van der Waals surface area contributed by atoms with E-state index in [-0.39, 0.29) is 11.8 Å². The van der Waals surface area contributed by atoms with E-state index in [2.05, 4.69) is 5.32 Å². The van der Waals surface area contributed by atoms with Gasteiger partial charge in [-0.05, 0) is 31.5 Å². The first-order chi connectivity index (χ1) is 9.35. The fraction of sp³-hybridized carbons (Fsp3) is 0.429. The molecule has 108 valence electrons. The Morgan fingerprint density at radius 3 is 2.70 bits per heavy atom. The van der Waals surface area contributed by atoms with Gasteiger partial charge in [-0.3, -0.25) is 9.59 Å². The SMILES string of the molecule is CNC(=O)C1(C)CCN(C(=O)c2cc(N)cc(Cl)c2)C1. The largest absolute Gasteiger partial charge is 0.399 e. The molecule has 2 rings (SSSR count). The minimum absolute atomic E-state index is 0.0431. The number of amides is 2. The second-order valence-electron chi connectivity index (χ2n) is 5.39. The molecular formula is C14H18ClN3O2. The first-order valence-electron chi connectivity index (χ1n) is 6.43. The molecule has 0 aromatic heterocycles. The summed E-state index contributed by atoms with van der Waals surface area (Å²) in [6.45, 7) is 2.82. The van der Waals surface area contributed by atoms with Gasteiger partial charge in [-0.1, -0.05) is 11.6 Å². The predicted octanol–water partition coefficient (Wildman–Crippen LogP) is 1.52. The number of likely N-dealkylation sites (tertiary alicyclic amines) is 1. The second-order valence-corrected chi connectivity index (χ2v) is 5.83. The summed E-state index contributed by atoms with van der Waals surface area (Å²) in [5, 5.41) is 3.08. The first kappa shape index (κ1) is 14.7. The van der Waals surface area contributed by atoms with Gasteiger partial charge >= 0.3 is 0 Å². The molecule has 1 aliphatic heterocycles. The highest BCUT2D eigenvalue weighted by molar-refractivity contribution is 6.31. The number of nitrogen functional groups attached to an aromatic ring is 1. The topological polar surface area (TPSA) is 75.4 Å². The molecular weight excluding hydrogens is 278 g/mol. The van der Waals surface area contributed by atoms with Crippen LogP contribution in [0.4, 0.5) is 5.69 Å². The van der Waals surface area contributed by atoms with Crippen molar-refractivity contribution < 1.29 is 9.59 Å². The zero-order valence-corrected chi connectivity index (χ0v) is 12.3. The van der Waals surface area contributed by atoms with E-state index < -0.39 is 5.41 Å². The van der Waals surface area contributed by atoms with Crippen LogP contribution in [0.1, 0.15) is 23.7 Å². The van der Waals surface area contributed by atoms with Crippen molar-refractivity contribution in [3.63, 3.8) is 0 Å². The Morgan fingerprint density at radius 1 is 1.40 bits per heavy atom. The Labute approximate surface area is 123 Å². The molecule has 0 saturated carbocycles. The van der Waals surface area contributed by atoms with Crippen molar-refractivity contribution in [3.05, 3.63) is 28.8 Å². The summed E-state index contributed by atoms with van der Waals surface area (Å²) in [6, 6.07) is 4.79. The minimum Gasteiger partial charge on any atom is -0.399 e. The van der Waals surface area contributed by atoms with Gasteiger partial charge in [-0.15, -0.1) is 0 Å². The van der Waals surface area contributed by atoms with Crippen molar-refractivity contribution in [1.82, 2.24) is 10.2 Å². The van der Waals surface area contributed by atoms with Gasteiger partial charge in [0.1, 0.15) is 0 Å². The Bertz CT molecular complexity index is 541. The number of benzene rings is 1. The number of halogens is 1. The molecule has 1 heterocycles. The van der Waals surface area contributed by atoms with E-state index in [1.54, 1.807) is 30.1 Å². The minimum atomic E-state index is -0.533. The monoisotopic (exact) mass is 295 g/mol. The maximum Gasteiger partial charge on any atom is 0.254 e. The summed E-state index contributed by atoms with van der Waals surface area (Å²) in [4.78, 5) is 26.0. The molecule has 1 fully saturated rings. The molecule has 2 amide bonds. The highest BCUT2D eigenvalue weighted by Crippen LogP contribution is 2.31. The quantitative estimate of drug-likeness (QED) is 0.812. The highest BCUT2D eigenvalue weighted by atomic mass is 35.5. The second kappa shape index (κ2) is 5.32. The van der Waals surface area contributed by atoms with Crippen molar-refractivity contribution in [2.45, 2.75) is 13.3 Å². The molecule has 0 spiro atoms. The van der Waals surface area contributed by atoms with E-state index >= 15 is 0 Å². The molecule has 5 nitrogen and oxygen atoms in total. The van der Waals surface area contributed by atoms with Crippen LogP contribution in [0.3, 0.4) is 0 Å². The van der Waals surface area contributed by atoms with Crippen LogP contribution >= 0.6 is 11.6 Å². The summed E-state index contributed by atoms with van der Waals surface area (Å²) in [6.07, 6.45) is 0.647. The van der Waals surface area contributed by atoms with Gasteiger partial charge in [0, 0.05) is 36.4 Å². The molecule has 1 saturated heterocycles. The average Bonchev–Trinajstić information content (AvgIpc) is 2.79. The lowest BCUT2D eigenvalue weighted by Crippen LogP contribution is -2.40. The Morgan fingerprint density at radius 2 is 2.10 bits per heavy atom. The highest BCUT2D eigenvalue weighted by Gasteiger charge is 2.41. The summed E-state index contributed by atoms with van der Waals surface area (Å²) in [7, 11) is 1.61. The van der Waals surface area contributed by atoms with Crippen LogP contribution in [0.5, 0.6) is 0 Å². The third kappa shape index (κ3) is 2.72. The number of nitrogens with one attached hydrogen (secondary N) is 1. The molecule has 1 atom stereocenters. The van der Waals surface area contributed by atoms with Gasteiger partial charge in [0.25, 0.3) is 5.91 Å². The third-order valence-corrected chi connectivity index (χ3v) is 3.92. The maximum atomic E-state index is 12.4. The average molecular weight is 296 g/mol. The van der Waals surface area contributed by atoms with Gasteiger partial charge in [-0.2, -0.15) is 0 Å². The maximum absolute atomic E-state index is 12.4. The molecule has 1 unspecified atom stereocenters. The van der Waals surface area contributed by atoms with Crippen molar-refractivity contribution in [2.75, 3.05) is 25.9 Å². The van der Waals surface area contributed by atoms with Crippen LogP contribution in [0.15, 0.2) is 18.2 Å². The van der Waals surface area contributed by atoms with E-state index in [1.807, 2.05) is 6.92 Å². The van der Waals surface area contributed by atoms with Crippen LogP contribution in [0, 0.1) is 5.41 Å². The number of hydrogen-bond donors (Lipinski definition) is 2. The van der Waals surface area contributed by atoms with Gasteiger partial charge in [0.05, 0.1) is 5.41 Å². The van der Waals surface area contributed by atoms with E-state index in [1.165, 1.54) is 0 Å². The molecule has 0 bridgehead atoms. The number of nitrogens with zero attached hydrogens (tertiary/aromatic N) is 1. The van der Waals surface area contributed by atoms with Crippen molar-refractivity contribution >= 4 is 29.1 Å². The predicted molar refractivity (Wildman–Crippen MR) is 78.6 cm³/mol. The van der Waals surface area contributed by atoms with E-state index in [0.717, 1.165) is 0 Å². The molecule has 1 aromatic carbocycles. The van der Waals surface area contributed by atoms with Crippen LogP contribution in [0.25, 0.3) is 0 Å². The van der Waals surface area contributed by atoms with Crippen LogP contribution in [-0.4, -0.2) is 36.9 Å². The number of rotatable bonds is 2. The summed E-state index contributed by atoms with van der Waals surface area (Å²) in [5.74, 6) is -0.190. The van der Waals surface area contributed by atoms with E-state index in [9.17, 15) is 9.59 Å². The lowest BCUT2D eigenvalue weighted by molar-refractivity contribution is -0.128. The van der Waals surface area contributed by atoms with Gasteiger partial charge < -0.3 is 16.0 Å². The van der Waals surface area contributed by atoms with Gasteiger partial charge in [-0.25, -0.2) is 0 Å². The zero-order chi connectivity index (χ0) is 14.9. The Hall–Kier alpha value is -1.75. The fourth-order valence-electron chi connectivity index (χ4n) is 2.54. The van der Waals surface area contributed by atoms with Crippen molar-refractivity contribution in [3.8, 4) is 0 Å². The number of carbonyl (C=O) groups excluding carboxylic acids is 2. The van der Waals surface area contributed by atoms with Crippen LogP contribution in [0.2, 0.25) is 5.02 Å². The summed E-state index contributed by atoms with van der Waals surface area (Å²) in [5.41, 5.74) is 6.07. The summed E-state index contributed by atoms with van der Waals surface area (Å²) < 4.78 is 0. The fourth-order valence-corrected chi connectivity index (χ4v) is 2.78. The van der Waals surface area contributed by atoms with Crippen molar-refractivity contribution in [1.29, 1.82) is 0 Å². The molecule has 0 aliphatic carbocycles. The van der Waals surface area contributed by atoms with Gasteiger partial charge in [0.2, 0.25) is 5.91 Å². The van der Waals surface area contributed by atoms with Crippen LogP contribution in [-0.2, 0) is 4.79 Å². The molecule has 3 N–H and O–H groups in total. The molecule has 1 aliphatic rings. The number of nitrogens with two attached hydrogens (primary N) is 1. The number of anilines is 1. The van der Waals surface area contributed by atoms with Crippen molar-refractivity contribution in [2.24, 2.45) is 5.41 Å². The Balaban J connectivity index is 2.17. The molecule has 1 aromatic rings. The summed E-state index contributed by atoms with van der Waals surface area (Å²) >= 11 is 5.91. The first-order valence-corrected chi connectivity index (χ1v) is 6.81.